The van der Waals surface area contributed by atoms with Crippen molar-refractivity contribution in [2.75, 3.05) is 65.7 Å². The summed E-state index contributed by atoms with van der Waals surface area (Å²) < 4.78 is 0. The predicted octanol–water partition coefficient (Wildman–Crippen LogP) is 0.122. The normalized spacial score (nSPS) is 12.2. The van der Waals surface area contributed by atoms with Crippen LogP contribution >= 0.6 is 0 Å². The van der Waals surface area contributed by atoms with Gasteiger partial charge in [0.15, 0.2) is 0 Å². The van der Waals surface area contributed by atoms with E-state index in [1.165, 1.54) is 18.2 Å². The second kappa shape index (κ2) is 21.3. The van der Waals surface area contributed by atoms with Crippen LogP contribution in [0.4, 0.5) is 0 Å². The van der Waals surface area contributed by atoms with Gasteiger partial charge in [0.1, 0.15) is 0 Å². The van der Waals surface area contributed by atoms with Gasteiger partial charge in [0.05, 0.1) is 38.5 Å². The lowest BCUT2D eigenvalue weighted by Crippen LogP contribution is -2.48. The number of nitrogens with zero attached hydrogens (tertiary/aromatic N) is 3. The number of nitrogens with one attached hydrogen (secondary N) is 3. The highest BCUT2D eigenvalue weighted by Crippen LogP contribution is 2.13. The van der Waals surface area contributed by atoms with Gasteiger partial charge in [0, 0.05) is 80.1 Å². The second-order valence-corrected chi connectivity index (χ2v) is 12.7. The fourth-order valence-corrected chi connectivity index (χ4v) is 5.60. The Kier molecular flexibility index (Phi) is 19.1. The van der Waals surface area contributed by atoms with Crippen LogP contribution in [0.2, 0.25) is 0 Å². The van der Waals surface area contributed by atoms with Gasteiger partial charge in [-0.1, -0.05) is 0 Å². The first-order chi connectivity index (χ1) is 21.7. The maximum atomic E-state index is 13.3. The Hall–Kier alpha value is -2.65. The standard InChI is InChI=1S/C33H60N6O7/c1-22(2)37(23(3)4)12-9-34-31(44)26-15-27(32(45)35-10-13-38(24(5)6)29(18-40)19-41)17-28(16-26)33(46)36-11-14-39(25(7)8)30(20-42)21-43/h15-17,22-25,29-30,40-43H,9-14,18-21H2,1-8H3,(H,34,44)(H,35,45)(H,36,46). The van der Waals surface area contributed by atoms with E-state index >= 15 is 0 Å². The minimum Gasteiger partial charge on any atom is -0.395 e. The first-order valence-electron chi connectivity index (χ1n) is 16.4. The zero-order valence-electron chi connectivity index (χ0n) is 29.1. The Morgan fingerprint density at radius 3 is 0.957 bits per heavy atom. The molecule has 0 radical (unpaired) electrons. The van der Waals surface area contributed by atoms with Crippen molar-refractivity contribution in [2.45, 2.75) is 91.6 Å². The molecular formula is C33H60N6O7. The fraction of sp³-hybridized carbons (Fsp3) is 0.727. The van der Waals surface area contributed by atoms with E-state index in [1.807, 2.05) is 37.5 Å². The summed E-state index contributed by atoms with van der Waals surface area (Å²) in [6, 6.07) is 4.07. The first kappa shape index (κ1) is 41.4. The van der Waals surface area contributed by atoms with E-state index < -0.39 is 29.8 Å². The van der Waals surface area contributed by atoms with Gasteiger partial charge in [0.2, 0.25) is 0 Å². The molecule has 0 heterocycles. The van der Waals surface area contributed by atoms with Crippen LogP contribution in [-0.4, -0.2) is 155 Å². The molecule has 0 atom stereocenters. The molecule has 0 aromatic heterocycles. The molecule has 0 bridgehead atoms. The average Bonchev–Trinajstić information content (AvgIpc) is 3.01. The van der Waals surface area contributed by atoms with Crippen LogP contribution in [0.15, 0.2) is 18.2 Å². The number of carbonyl (C=O) groups is 3. The Morgan fingerprint density at radius 2 is 0.739 bits per heavy atom. The largest absolute Gasteiger partial charge is 0.395 e. The van der Waals surface area contributed by atoms with Crippen molar-refractivity contribution in [2.24, 2.45) is 0 Å². The van der Waals surface area contributed by atoms with Crippen LogP contribution in [-0.2, 0) is 0 Å². The number of amides is 3. The maximum Gasteiger partial charge on any atom is 0.251 e. The number of hydrogen-bond acceptors (Lipinski definition) is 10. The van der Waals surface area contributed by atoms with Gasteiger partial charge >= 0.3 is 0 Å². The van der Waals surface area contributed by atoms with E-state index in [1.54, 1.807) is 0 Å². The Balaban J connectivity index is 3.18. The minimum atomic E-state index is -0.470. The van der Waals surface area contributed by atoms with Crippen molar-refractivity contribution in [3.8, 4) is 0 Å². The number of carbonyl (C=O) groups excluding carboxylic acids is 3. The molecule has 0 fully saturated rings. The van der Waals surface area contributed by atoms with Crippen molar-refractivity contribution in [1.29, 1.82) is 0 Å². The smallest absolute Gasteiger partial charge is 0.251 e. The molecule has 0 aliphatic carbocycles. The molecule has 0 saturated heterocycles. The van der Waals surface area contributed by atoms with E-state index in [0.717, 1.165) is 0 Å². The minimum absolute atomic E-state index is 0.0162. The van der Waals surface area contributed by atoms with E-state index in [4.69, 9.17) is 0 Å². The van der Waals surface area contributed by atoms with Crippen LogP contribution in [0, 0.1) is 0 Å². The quantitative estimate of drug-likeness (QED) is 0.0911. The number of benzene rings is 1. The van der Waals surface area contributed by atoms with E-state index in [2.05, 4.69) is 48.5 Å². The lowest BCUT2D eigenvalue weighted by atomic mass is 10.0. The molecule has 0 aliphatic heterocycles. The molecule has 46 heavy (non-hydrogen) atoms. The Morgan fingerprint density at radius 1 is 0.500 bits per heavy atom. The summed E-state index contributed by atoms with van der Waals surface area (Å²) in [7, 11) is 0. The molecule has 0 aliphatic rings. The molecule has 1 rings (SSSR count). The first-order valence-corrected chi connectivity index (χ1v) is 16.4. The van der Waals surface area contributed by atoms with Gasteiger partial charge in [-0.05, 0) is 73.6 Å². The third-order valence-electron chi connectivity index (χ3n) is 8.12. The molecule has 7 N–H and O–H groups in total. The summed E-state index contributed by atoms with van der Waals surface area (Å²) >= 11 is 0. The van der Waals surface area contributed by atoms with Crippen molar-refractivity contribution < 1.29 is 34.8 Å². The third-order valence-corrected chi connectivity index (χ3v) is 8.12. The monoisotopic (exact) mass is 652 g/mol. The highest BCUT2D eigenvalue weighted by Gasteiger charge is 2.23. The van der Waals surface area contributed by atoms with Gasteiger partial charge in [-0.25, -0.2) is 0 Å². The van der Waals surface area contributed by atoms with Gasteiger partial charge in [-0.3, -0.25) is 29.1 Å². The molecule has 264 valence electrons. The molecular weight excluding hydrogens is 592 g/mol. The summed E-state index contributed by atoms with van der Waals surface area (Å²) in [5, 5.41) is 47.1. The lowest BCUT2D eigenvalue weighted by Gasteiger charge is -2.32. The lowest BCUT2D eigenvalue weighted by molar-refractivity contribution is 0.0534. The SMILES string of the molecule is CC(C)N(CCNC(=O)c1cc(C(=O)NCCN(C(C)C)C(CO)CO)cc(C(=O)NCCN(C(C)C)C(CO)CO)c1)C(C)C. The number of aliphatic hydroxyl groups excluding tert-OH is 4. The maximum absolute atomic E-state index is 13.3. The number of hydrogen-bond donors (Lipinski definition) is 7. The van der Waals surface area contributed by atoms with Crippen LogP contribution in [0.5, 0.6) is 0 Å². The predicted molar refractivity (Wildman–Crippen MR) is 180 cm³/mol. The third kappa shape index (κ3) is 13.2. The average molecular weight is 653 g/mol. The molecule has 0 unspecified atom stereocenters. The zero-order valence-corrected chi connectivity index (χ0v) is 29.1. The molecule has 13 heteroatoms. The molecule has 0 spiro atoms. The van der Waals surface area contributed by atoms with E-state index in [-0.39, 0.29) is 68.3 Å². The second-order valence-electron chi connectivity index (χ2n) is 12.7. The van der Waals surface area contributed by atoms with Crippen molar-refractivity contribution in [1.82, 2.24) is 30.7 Å². The van der Waals surface area contributed by atoms with Gasteiger partial charge in [0.25, 0.3) is 17.7 Å². The van der Waals surface area contributed by atoms with Gasteiger partial charge in [-0.15, -0.1) is 0 Å². The van der Waals surface area contributed by atoms with Gasteiger partial charge in [-0.2, -0.15) is 0 Å². The summed E-state index contributed by atoms with van der Waals surface area (Å²) in [6.45, 7) is 17.4. The molecule has 3 amide bonds. The topological polar surface area (TPSA) is 178 Å². The van der Waals surface area contributed by atoms with Crippen LogP contribution in [0.1, 0.15) is 86.5 Å². The molecule has 0 saturated carbocycles. The highest BCUT2D eigenvalue weighted by atomic mass is 16.3. The molecule has 1 aromatic carbocycles. The van der Waals surface area contributed by atoms with E-state index in [9.17, 15) is 34.8 Å². The van der Waals surface area contributed by atoms with Gasteiger partial charge < -0.3 is 36.4 Å². The molecule has 13 nitrogen and oxygen atoms in total. The Labute approximate surface area is 275 Å². The summed E-state index contributed by atoms with van der Waals surface area (Å²) in [4.78, 5) is 45.8. The van der Waals surface area contributed by atoms with Crippen LogP contribution in [0.3, 0.4) is 0 Å². The number of aliphatic hydroxyl groups is 4. The van der Waals surface area contributed by atoms with Crippen LogP contribution < -0.4 is 16.0 Å². The zero-order chi connectivity index (χ0) is 35.0. The fourth-order valence-electron chi connectivity index (χ4n) is 5.60. The molecule has 1 aromatic rings. The highest BCUT2D eigenvalue weighted by molar-refractivity contribution is 6.04. The summed E-state index contributed by atoms with van der Waals surface area (Å²) in [6.07, 6.45) is 0. The van der Waals surface area contributed by atoms with Crippen LogP contribution in [0.25, 0.3) is 0 Å². The summed E-state index contributed by atoms with van der Waals surface area (Å²) in [5.41, 5.74) is 0.461. The Bertz CT molecular complexity index is 993. The summed E-state index contributed by atoms with van der Waals surface area (Å²) in [5.74, 6) is -1.35. The van der Waals surface area contributed by atoms with Crippen molar-refractivity contribution in [3.05, 3.63) is 34.9 Å². The van der Waals surface area contributed by atoms with Crippen molar-refractivity contribution >= 4 is 17.7 Å². The number of rotatable bonds is 22. The van der Waals surface area contributed by atoms with Crippen molar-refractivity contribution in [3.63, 3.8) is 0 Å². The van der Waals surface area contributed by atoms with E-state index in [0.29, 0.717) is 38.3 Å².